The molecule has 0 heterocycles. The summed E-state index contributed by atoms with van der Waals surface area (Å²) < 4.78 is 0. The molecule has 0 atom stereocenters. The number of hydrogen-bond donors (Lipinski definition) is 0. The van der Waals surface area contributed by atoms with Crippen LogP contribution < -0.4 is 0 Å². The molecule has 1 aliphatic rings. The van der Waals surface area contributed by atoms with Crippen LogP contribution in [0.3, 0.4) is 0 Å². The molecule has 0 unspecified atom stereocenters. The van der Waals surface area contributed by atoms with Crippen molar-refractivity contribution < 1.29 is 0 Å². The van der Waals surface area contributed by atoms with Gasteiger partial charge in [0, 0.05) is 0 Å². The minimum Gasteiger partial charge on any atom is -0.0622 e. The van der Waals surface area contributed by atoms with Crippen LogP contribution in [0.5, 0.6) is 0 Å². The van der Waals surface area contributed by atoms with Crippen LogP contribution in [0, 0.1) is 17.3 Å². The normalized spacial score (nSPS) is 23.6. The van der Waals surface area contributed by atoms with Crippen molar-refractivity contribution >= 4 is 0 Å². The maximum atomic E-state index is 2.43. The van der Waals surface area contributed by atoms with Crippen LogP contribution in [-0.4, -0.2) is 0 Å². The van der Waals surface area contributed by atoms with Crippen molar-refractivity contribution in [3.8, 4) is 0 Å². The SMILES string of the molecule is CC(C)C1(C(C)C)CCCCCCC1. The standard InChI is InChI=1S/C14H28/c1-12(2)14(13(3)4)10-8-6-5-7-9-11-14/h12-13H,5-11H2,1-4H3. The Hall–Kier alpha value is 0. The predicted octanol–water partition coefficient (Wildman–Crippen LogP) is 5.03. The molecule has 0 bridgehead atoms. The fraction of sp³-hybridized carbons (Fsp3) is 1.00. The molecule has 14 heavy (non-hydrogen) atoms. The van der Waals surface area contributed by atoms with Crippen LogP contribution >= 0.6 is 0 Å². The van der Waals surface area contributed by atoms with Gasteiger partial charge in [0.1, 0.15) is 0 Å². The predicted molar refractivity (Wildman–Crippen MR) is 64.4 cm³/mol. The molecule has 0 aromatic heterocycles. The van der Waals surface area contributed by atoms with Crippen molar-refractivity contribution in [1.82, 2.24) is 0 Å². The highest BCUT2D eigenvalue weighted by Gasteiger charge is 2.36. The Morgan fingerprint density at radius 2 is 1.00 bits per heavy atom. The molecule has 0 heteroatoms. The van der Waals surface area contributed by atoms with E-state index in [1.807, 2.05) is 0 Å². The molecule has 1 fully saturated rings. The molecule has 0 nitrogen and oxygen atoms in total. The number of hydrogen-bond acceptors (Lipinski definition) is 0. The summed E-state index contributed by atoms with van der Waals surface area (Å²) in [6, 6.07) is 0. The van der Waals surface area contributed by atoms with Gasteiger partial charge in [0.15, 0.2) is 0 Å². The Kier molecular flexibility index (Phi) is 4.47. The molecule has 1 aliphatic carbocycles. The van der Waals surface area contributed by atoms with Crippen molar-refractivity contribution in [2.75, 3.05) is 0 Å². The average molecular weight is 196 g/mol. The van der Waals surface area contributed by atoms with E-state index >= 15 is 0 Å². The zero-order valence-corrected chi connectivity index (χ0v) is 10.6. The molecule has 0 aromatic carbocycles. The van der Waals surface area contributed by atoms with Gasteiger partial charge in [-0.15, -0.1) is 0 Å². The monoisotopic (exact) mass is 196 g/mol. The Morgan fingerprint density at radius 3 is 1.36 bits per heavy atom. The summed E-state index contributed by atoms with van der Waals surface area (Å²) in [5.74, 6) is 1.72. The first kappa shape index (κ1) is 12.1. The summed E-state index contributed by atoms with van der Waals surface area (Å²) >= 11 is 0. The first-order valence-corrected chi connectivity index (χ1v) is 6.59. The average Bonchev–Trinajstić information content (AvgIpc) is 2.02. The first-order valence-electron chi connectivity index (χ1n) is 6.59. The topological polar surface area (TPSA) is 0 Å². The lowest BCUT2D eigenvalue weighted by molar-refractivity contribution is 0.0721. The molecule has 0 aliphatic heterocycles. The lowest BCUT2D eigenvalue weighted by atomic mass is 9.62. The lowest BCUT2D eigenvalue weighted by Crippen LogP contribution is -2.33. The Labute approximate surface area is 90.5 Å². The van der Waals surface area contributed by atoms with Gasteiger partial charge in [0.2, 0.25) is 0 Å². The molecule has 1 rings (SSSR count). The lowest BCUT2D eigenvalue weighted by Gasteiger charge is -2.43. The van der Waals surface area contributed by atoms with Crippen LogP contribution in [-0.2, 0) is 0 Å². The Morgan fingerprint density at radius 1 is 0.643 bits per heavy atom. The number of rotatable bonds is 2. The van der Waals surface area contributed by atoms with Gasteiger partial charge in [-0.1, -0.05) is 59.8 Å². The van der Waals surface area contributed by atoms with Crippen LogP contribution in [0.25, 0.3) is 0 Å². The van der Waals surface area contributed by atoms with E-state index in [0.717, 1.165) is 11.8 Å². The van der Waals surface area contributed by atoms with Crippen LogP contribution in [0.2, 0.25) is 0 Å². The third-order valence-electron chi connectivity index (χ3n) is 4.58. The molecule has 0 radical (unpaired) electrons. The van der Waals surface area contributed by atoms with E-state index in [4.69, 9.17) is 0 Å². The van der Waals surface area contributed by atoms with Gasteiger partial charge < -0.3 is 0 Å². The van der Waals surface area contributed by atoms with Gasteiger partial charge in [-0.25, -0.2) is 0 Å². The summed E-state index contributed by atoms with van der Waals surface area (Å²) in [7, 11) is 0. The second-order valence-electron chi connectivity index (χ2n) is 5.81. The molecule has 1 saturated carbocycles. The third kappa shape index (κ3) is 2.52. The van der Waals surface area contributed by atoms with Gasteiger partial charge in [-0.2, -0.15) is 0 Å². The maximum absolute atomic E-state index is 2.43. The summed E-state index contributed by atoms with van der Waals surface area (Å²) in [5.41, 5.74) is 0.653. The molecule has 0 spiro atoms. The van der Waals surface area contributed by atoms with E-state index in [1.54, 1.807) is 0 Å². The molecule has 0 N–H and O–H groups in total. The highest BCUT2D eigenvalue weighted by molar-refractivity contribution is 4.86. The van der Waals surface area contributed by atoms with Crippen LogP contribution in [0.1, 0.15) is 72.6 Å². The van der Waals surface area contributed by atoms with E-state index in [9.17, 15) is 0 Å². The molecular weight excluding hydrogens is 168 g/mol. The summed E-state index contributed by atoms with van der Waals surface area (Å²) in [4.78, 5) is 0. The van der Waals surface area contributed by atoms with Gasteiger partial charge >= 0.3 is 0 Å². The maximum Gasteiger partial charge on any atom is -0.0251 e. The zero-order valence-electron chi connectivity index (χ0n) is 10.6. The van der Waals surface area contributed by atoms with Crippen molar-refractivity contribution in [3.63, 3.8) is 0 Å². The Balaban J connectivity index is 2.71. The van der Waals surface area contributed by atoms with Gasteiger partial charge in [-0.05, 0) is 30.1 Å². The molecule has 0 amide bonds. The van der Waals surface area contributed by atoms with Gasteiger partial charge in [0.05, 0.1) is 0 Å². The molecule has 84 valence electrons. The van der Waals surface area contributed by atoms with Crippen molar-refractivity contribution in [3.05, 3.63) is 0 Å². The highest BCUT2D eigenvalue weighted by atomic mass is 14.4. The van der Waals surface area contributed by atoms with Crippen LogP contribution in [0.15, 0.2) is 0 Å². The fourth-order valence-corrected chi connectivity index (χ4v) is 3.38. The smallest absolute Gasteiger partial charge is 0.0251 e. The van der Waals surface area contributed by atoms with E-state index in [2.05, 4.69) is 27.7 Å². The second kappa shape index (κ2) is 5.19. The largest absolute Gasteiger partial charge is 0.0622 e. The quantitative estimate of drug-likeness (QED) is 0.581. The zero-order chi connectivity index (χ0) is 10.6. The summed E-state index contributed by atoms with van der Waals surface area (Å²) in [6.45, 7) is 9.73. The Bertz CT molecular complexity index is 137. The molecular formula is C14H28. The molecule has 0 saturated heterocycles. The van der Waals surface area contributed by atoms with Crippen molar-refractivity contribution in [2.24, 2.45) is 17.3 Å². The highest BCUT2D eigenvalue weighted by Crippen LogP contribution is 2.46. The van der Waals surface area contributed by atoms with E-state index < -0.39 is 0 Å². The second-order valence-corrected chi connectivity index (χ2v) is 5.81. The first-order chi connectivity index (χ1) is 6.59. The third-order valence-corrected chi connectivity index (χ3v) is 4.58. The molecule has 0 aromatic rings. The van der Waals surface area contributed by atoms with Crippen molar-refractivity contribution in [1.29, 1.82) is 0 Å². The van der Waals surface area contributed by atoms with E-state index in [-0.39, 0.29) is 0 Å². The van der Waals surface area contributed by atoms with Crippen molar-refractivity contribution in [2.45, 2.75) is 72.6 Å². The fourth-order valence-electron chi connectivity index (χ4n) is 3.38. The van der Waals surface area contributed by atoms with E-state index in [0.29, 0.717) is 5.41 Å². The van der Waals surface area contributed by atoms with Gasteiger partial charge in [-0.3, -0.25) is 0 Å². The van der Waals surface area contributed by atoms with Crippen LogP contribution in [0.4, 0.5) is 0 Å². The van der Waals surface area contributed by atoms with Gasteiger partial charge in [0.25, 0.3) is 0 Å². The summed E-state index contributed by atoms with van der Waals surface area (Å²) in [6.07, 6.45) is 10.3. The van der Waals surface area contributed by atoms with E-state index in [1.165, 1.54) is 44.9 Å². The minimum atomic E-state index is 0.653. The minimum absolute atomic E-state index is 0.653. The summed E-state index contributed by atoms with van der Waals surface area (Å²) in [5, 5.41) is 0.